The van der Waals surface area contributed by atoms with E-state index in [1.54, 1.807) is 25.4 Å². The van der Waals surface area contributed by atoms with Gasteiger partial charge >= 0.3 is 6.03 Å². The van der Waals surface area contributed by atoms with E-state index in [1.165, 1.54) is 5.69 Å². The highest BCUT2D eigenvalue weighted by molar-refractivity contribution is 5.74. The molecule has 8 heteroatoms. The van der Waals surface area contributed by atoms with Crippen LogP contribution in [0.2, 0.25) is 0 Å². The topological polar surface area (TPSA) is 84.7 Å². The van der Waals surface area contributed by atoms with Gasteiger partial charge in [-0.05, 0) is 36.6 Å². The Morgan fingerprint density at radius 3 is 2.81 bits per heavy atom. The molecule has 1 aromatic heterocycles. The maximum Gasteiger partial charge on any atom is 0.317 e. The first-order chi connectivity index (χ1) is 15.2. The van der Waals surface area contributed by atoms with E-state index >= 15 is 0 Å². The number of nitrogens with one attached hydrogen (secondary N) is 1. The Morgan fingerprint density at radius 1 is 1.19 bits per heavy atom. The third kappa shape index (κ3) is 5.00. The first-order valence-corrected chi connectivity index (χ1v) is 10.7. The Balaban J connectivity index is 1.22. The predicted molar refractivity (Wildman–Crippen MR) is 119 cm³/mol. The van der Waals surface area contributed by atoms with Gasteiger partial charge in [0.05, 0.1) is 18.7 Å². The number of amides is 2. The number of nitriles is 1. The molecule has 0 radical (unpaired) electrons. The standard InChI is InChI=1S/C23H28N6O2/c1-31-21-4-2-3-20(14-21)29-8-6-19(17-29)16-26-23(30)28-11-9-27(10-12-28)22-13-18(15-24)5-7-25-22/h2-5,7,13-14,19H,6,8-12,16-17H2,1H3,(H,26,30). The zero-order chi connectivity index (χ0) is 21.6. The number of pyridine rings is 1. The summed E-state index contributed by atoms with van der Waals surface area (Å²) < 4.78 is 5.32. The number of anilines is 2. The van der Waals surface area contributed by atoms with Crippen molar-refractivity contribution in [1.82, 2.24) is 15.2 Å². The van der Waals surface area contributed by atoms with Crippen molar-refractivity contribution in [2.75, 3.05) is 62.7 Å². The molecule has 162 valence electrons. The molecule has 1 N–H and O–H groups in total. The molecule has 31 heavy (non-hydrogen) atoms. The monoisotopic (exact) mass is 420 g/mol. The van der Waals surface area contributed by atoms with E-state index < -0.39 is 0 Å². The van der Waals surface area contributed by atoms with Crippen molar-refractivity contribution in [3.63, 3.8) is 0 Å². The zero-order valence-electron chi connectivity index (χ0n) is 17.8. The van der Waals surface area contributed by atoms with Crippen LogP contribution in [-0.4, -0.2) is 68.8 Å². The molecule has 4 rings (SSSR count). The van der Waals surface area contributed by atoms with Crippen molar-refractivity contribution in [3.8, 4) is 11.8 Å². The fraction of sp³-hybridized carbons (Fsp3) is 0.435. The van der Waals surface area contributed by atoms with Crippen molar-refractivity contribution in [1.29, 1.82) is 5.26 Å². The number of carbonyl (C=O) groups is 1. The molecule has 1 atom stereocenters. The maximum absolute atomic E-state index is 12.6. The number of hydrogen-bond donors (Lipinski definition) is 1. The predicted octanol–water partition coefficient (Wildman–Crippen LogP) is 2.32. The van der Waals surface area contributed by atoms with E-state index in [2.05, 4.69) is 38.3 Å². The van der Waals surface area contributed by atoms with E-state index in [0.29, 0.717) is 44.2 Å². The second kappa shape index (κ2) is 9.56. The van der Waals surface area contributed by atoms with Gasteiger partial charge in [-0.25, -0.2) is 9.78 Å². The van der Waals surface area contributed by atoms with Gasteiger partial charge in [0.2, 0.25) is 0 Å². The van der Waals surface area contributed by atoms with Gasteiger partial charge in [-0.2, -0.15) is 5.26 Å². The number of aromatic nitrogens is 1. The van der Waals surface area contributed by atoms with Crippen LogP contribution >= 0.6 is 0 Å². The fourth-order valence-corrected chi connectivity index (χ4v) is 4.18. The first-order valence-electron chi connectivity index (χ1n) is 10.7. The molecular formula is C23H28N6O2. The van der Waals surface area contributed by atoms with E-state index in [1.807, 2.05) is 17.0 Å². The van der Waals surface area contributed by atoms with Gasteiger partial charge in [-0.15, -0.1) is 0 Å². The lowest BCUT2D eigenvalue weighted by Crippen LogP contribution is -2.52. The van der Waals surface area contributed by atoms with Crippen LogP contribution in [0, 0.1) is 17.2 Å². The molecule has 0 bridgehead atoms. The molecular weight excluding hydrogens is 392 g/mol. The SMILES string of the molecule is COc1cccc(N2CCC(CNC(=O)N3CCN(c4cc(C#N)ccn4)CC3)C2)c1. The van der Waals surface area contributed by atoms with E-state index in [-0.39, 0.29) is 6.03 Å². The molecule has 1 aromatic carbocycles. The second-order valence-corrected chi connectivity index (χ2v) is 7.98. The van der Waals surface area contributed by atoms with Crippen molar-refractivity contribution < 1.29 is 9.53 Å². The van der Waals surface area contributed by atoms with E-state index in [9.17, 15) is 4.79 Å². The lowest BCUT2D eigenvalue weighted by molar-refractivity contribution is 0.192. The molecule has 0 spiro atoms. The van der Waals surface area contributed by atoms with E-state index in [0.717, 1.165) is 31.1 Å². The minimum Gasteiger partial charge on any atom is -0.497 e. The lowest BCUT2D eigenvalue weighted by atomic mass is 10.1. The Bertz CT molecular complexity index is 951. The minimum atomic E-state index is -0.00165. The largest absolute Gasteiger partial charge is 0.497 e. The number of carbonyl (C=O) groups excluding carboxylic acids is 1. The average molecular weight is 421 g/mol. The van der Waals surface area contributed by atoms with E-state index in [4.69, 9.17) is 10.00 Å². The summed E-state index contributed by atoms with van der Waals surface area (Å²) in [6, 6.07) is 13.8. The normalized spacial score (nSPS) is 18.6. The highest BCUT2D eigenvalue weighted by Gasteiger charge is 2.26. The molecule has 2 aliphatic heterocycles. The number of rotatable bonds is 5. The molecule has 0 saturated carbocycles. The van der Waals surface area contributed by atoms with Gasteiger partial charge in [0.15, 0.2) is 0 Å². The number of urea groups is 1. The molecule has 2 aromatic rings. The summed E-state index contributed by atoms with van der Waals surface area (Å²) in [5.74, 6) is 2.10. The molecule has 2 saturated heterocycles. The van der Waals surface area contributed by atoms with Crippen LogP contribution in [0.3, 0.4) is 0 Å². The minimum absolute atomic E-state index is 0.00165. The number of methoxy groups -OCH3 is 1. The molecule has 3 heterocycles. The van der Waals surface area contributed by atoms with Crippen molar-refractivity contribution >= 4 is 17.5 Å². The lowest BCUT2D eigenvalue weighted by Gasteiger charge is -2.35. The maximum atomic E-state index is 12.6. The Hall–Kier alpha value is -3.47. The highest BCUT2D eigenvalue weighted by atomic mass is 16.5. The van der Waals surface area contributed by atoms with Crippen LogP contribution in [-0.2, 0) is 0 Å². The summed E-state index contributed by atoms with van der Waals surface area (Å²) in [4.78, 5) is 23.3. The van der Waals surface area contributed by atoms with Crippen molar-refractivity contribution in [2.45, 2.75) is 6.42 Å². The summed E-state index contributed by atoms with van der Waals surface area (Å²) in [6.07, 6.45) is 2.72. The Kier molecular flexibility index (Phi) is 6.41. The molecule has 2 aliphatic rings. The Labute approximate surface area is 183 Å². The summed E-state index contributed by atoms with van der Waals surface area (Å²) in [5.41, 5.74) is 1.77. The van der Waals surface area contributed by atoms with Crippen LogP contribution in [0.5, 0.6) is 5.75 Å². The van der Waals surface area contributed by atoms with Gasteiger partial charge in [0, 0.05) is 63.8 Å². The van der Waals surface area contributed by atoms with Crippen LogP contribution in [0.4, 0.5) is 16.3 Å². The number of hydrogen-bond acceptors (Lipinski definition) is 6. The number of benzene rings is 1. The Morgan fingerprint density at radius 2 is 2.03 bits per heavy atom. The molecule has 1 unspecified atom stereocenters. The smallest absolute Gasteiger partial charge is 0.317 e. The average Bonchev–Trinajstić information content (AvgIpc) is 3.32. The number of nitrogens with zero attached hydrogens (tertiary/aromatic N) is 5. The van der Waals surface area contributed by atoms with Gasteiger partial charge in [0.25, 0.3) is 0 Å². The number of piperazine rings is 1. The third-order valence-corrected chi connectivity index (χ3v) is 6.01. The summed E-state index contributed by atoms with van der Waals surface area (Å²) in [6.45, 7) is 5.31. The van der Waals surface area contributed by atoms with Crippen LogP contribution in [0.25, 0.3) is 0 Å². The van der Waals surface area contributed by atoms with Gasteiger partial charge in [-0.3, -0.25) is 0 Å². The number of ether oxygens (including phenoxy) is 1. The fourth-order valence-electron chi connectivity index (χ4n) is 4.18. The second-order valence-electron chi connectivity index (χ2n) is 7.98. The molecule has 0 aliphatic carbocycles. The molecule has 2 fully saturated rings. The van der Waals surface area contributed by atoms with Crippen LogP contribution in [0.1, 0.15) is 12.0 Å². The third-order valence-electron chi connectivity index (χ3n) is 6.01. The first kappa shape index (κ1) is 20.8. The van der Waals surface area contributed by atoms with Gasteiger partial charge in [0.1, 0.15) is 11.6 Å². The summed E-state index contributed by atoms with van der Waals surface area (Å²) in [5, 5.41) is 12.2. The molecule has 2 amide bonds. The quantitative estimate of drug-likeness (QED) is 0.799. The highest BCUT2D eigenvalue weighted by Crippen LogP contribution is 2.26. The van der Waals surface area contributed by atoms with Crippen molar-refractivity contribution in [3.05, 3.63) is 48.2 Å². The van der Waals surface area contributed by atoms with Crippen molar-refractivity contribution in [2.24, 2.45) is 5.92 Å². The summed E-state index contributed by atoms with van der Waals surface area (Å²) in [7, 11) is 1.68. The van der Waals surface area contributed by atoms with Gasteiger partial charge in [-0.1, -0.05) is 6.07 Å². The van der Waals surface area contributed by atoms with Gasteiger partial charge < -0.3 is 24.8 Å². The van der Waals surface area contributed by atoms with Crippen LogP contribution in [0.15, 0.2) is 42.6 Å². The summed E-state index contributed by atoms with van der Waals surface area (Å²) >= 11 is 0. The zero-order valence-corrected chi connectivity index (χ0v) is 17.8. The molecule has 8 nitrogen and oxygen atoms in total. The van der Waals surface area contributed by atoms with Crippen LogP contribution < -0.4 is 19.9 Å².